The number of esters is 1. The third-order valence-corrected chi connectivity index (χ3v) is 5.34. The highest BCUT2D eigenvalue weighted by Gasteiger charge is 2.37. The molecule has 162 valence electrons. The van der Waals surface area contributed by atoms with Gasteiger partial charge in [-0.05, 0) is 32.0 Å². The number of para-hydroxylation sites is 2. The second-order valence-electron chi connectivity index (χ2n) is 7.03. The normalized spacial score (nSPS) is 15.3. The Morgan fingerprint density at radius 1 is 1.13 bits per heavy atom. The maximum absolute atomic E-state index is 13.1. The van der Waals surface area contributed by atoms with E-state index in [1.165, 1.54) is 0 Å². The van der Waals surface area contributed by atoms with Crippen molar-refractivity contribution in [3.05, 3.63) is 53.2 Å². The van der Waals surface area contributed by atoms with Crippen LogP contribution in [0.25, 0.3) is 11.0 Å². The summed E-state index contributed by atoms with van der Waals surface area (Å²) in [5, 5.41) is 3.26. The van der Waals surface area contributed by atoms with Gasteiger partial charge in [-0.15, -0.1) is 0 Å². The molecule has 1 aliphatic rings. The Bertz CT molecular complexity index is 1180. The smallest absolute Gasteiger partial charge is 0.338 e. The fourth-order valence-corrected chi connectivity index (χ4v) is 4.02. The first-order valence-corrected chi connectivity index (χ1v) is 9.95. The molecule has 0 spiro atoms. The summed E-state index contributed by atoms with van der Waals surface area (Å²) in [6.07, 6.45) is 0. The molecule has 2 heterocycles. The van der Waals surface area contributed by atoms with Crippen molar-refractivity contribution in [3.8, 4) is 17.2 Å². The number of nitrogens with zero attached hydrogens (tertiary/aromatic N) is 2. The fraction of sp³-hybridized carbons (Fsp3) is 0.304. The van der Waals surface area contributed by atoms with E-state index in [2.05, 4.69) is 5.32 Å². The Morgan fingerprint density at radius 2 is 1.90 bits per heavy atom. The summed E-state index contributed by atoms with van der Waals surface area (Å²) >= 11 is 0. The van der Waals surface area contributed by atoms with Gasteiger partial charge in [0.1, 0.15) is 11.8 Å². The monoisotopic (exact) mass is 423 g/mol. The van der Waals surface area contributed by atoms with Gasteiger partial charge in [0.05, 0.1) is 44.5 Å². The summed E-state index contributed by atoms with van der Waals surface area (Å²) in [6, 6.07) is 10.8. The molecule has 0 saturated carbocycles. The topological polar surface area (TPSA) is 83.8 Å². The minimum Gasteiger partial charge on any atom is -0.497 e. The van der Waals surface area contributed by atoms with Crippen LogP contribution in [-0.4, -0.2) is 43.5 Å². The molecule has 0 saturated heterocycles. The van der Waals surface area contributed by atoms with Crippen LogP contribution in [-0.2, 0) is 9.53 Å². The zero-order valence-electron chi connectivity index (χ0n) is 18.2. The zero-order valence-corrected chi connectivity index (χ0v) is 18.2. The molecular formula is C23H25N3O5. The number of hydrogen-bond acceptors (Lipinski definition) is 7. The molecule has 31 heavy (non-hydrogen) atoms. The second-order valence-corrected chi connectivity index (χ2v) is 7.03. The Morgan fingerprint density at radius 3 is 2.58 bits per heavy atom. The van der Waals surface area contributed by atoms with Gasteiger partial charge < -0.3 is 24.3 Å². The van der Waals surface area contributed by atoms with Crippen molar-refractivity contribution in [1.82, 2.24) is 9.55 Å². The average molecular weight is 423 g/mol. The van der Waals surface area contributed by atoms with E-state index >= 15 is 0 Å². The number of methoxy groups -OCH3 is 3. The van der Waals surface area contributed by atoms with Gasteiger partial charge >= 0.3 is 5.97 Å². The molecule has 1 N–H and O–H groups in total. The maximum Gasteiger partial charge on any atom is 0.338 e. The van der Waals surface area contributed by atoms with Gasteiger partial charge in [-0.1, -0.05) is 12.1 Å². The molecule has 0 radical (unpaired) electrons. The number of carbonyl (C=O) groups is 1. The van der Waals surface area contributed by atoms with Crippen LogP contribution in [0.3, 0.4) is 0 Å². The van der Waals surface area contributed by atoms with Crippen molar-refractivity contribution in [3.63, 3.8) is 0 Å². The number of ether oxygens (including phenoxy) is 4. The summed E-state index contributed by atoms with van der Waals surface area (Å²) in [5.74, 6) is 1.80. The Balaban J connectivity index is 2.07. The van der Waals surface area contributed by atoms with Crippen LogP contribution in [0, 0.1) is 0 Å². The molecule has 0 aliphatic carbocycles. The molecule has 1 aromatic heterocycles. The quantitative estimate of drug-likeness (QED) is 0.602. The molecule has 0 bridgehead atoms. The number of fused-ring (bicyclic) bond motifs is 3. The van der Waals surface area contributed by atoms with E-state index in [9.17, 15) is 4.79 Å². The predicted molar refractivity (Wildman–Crippen MR) is 117 cm³/mol. The predicted octanol–water partition coefficient (Wildman–Crippen LogP) is 3.91. The molecule has 4 rings (SSSR count). The number of nitrogens with one attached hydrogen (secondary N) is 1. The van der Waals surface area contributed by atoms with Gasteiger partial charge in [0.25, 0.3) is 0 Å². The largest absolute Gasteiger partial charge is 0.497 e. The zero-order chi connectivity index (χ0) is 22.1. The maximum atomic E-state index is 13.1. The summed E-state index contributed by atoms with van der Waals surface area (Å²) in [5.41, 5.74) is 3.50. The van der Waals surface area contributed by atoms with E-state index in [0.717, 1.165) is 11.0 Å². The second kappa shape index (κ2) is 8.22. The van der Waals surface area contributed by atoms with Crippen LogP contribution >= 0.6 is 0 Å². The van der Waals surface area contributed by atoms with Crippen LogP contribution in [0.15, 0.2) is 47.7 Å². The molecule has 2 aromatic carbocycles. The van der Waals surface area contributed by atoms with Crippen molar-refractivity contribution >= 4 is 23.0 Å². The van der Waals surface area contributed by atoms with Crippen LogP contribution < -0.4 is 19.5 Å². The van der Waals surface area contributed by atoms with Crippen LogP contribution in [0.4, 0.5) is 5.95 Å². The van der Waals surface area contributed by atoms with E-state index in [4.69, 9.17) is 23.9 Å². The van der Waals surface area contributed by atoms with Crippen LogP contribution in [0.5, 0.6) is 17.2 Å². The number of imidazole rings is 1. The van der Waals surface area contributed by atoms with Crippen molar-refractivity contribution in [1.29, 1.82) is 0 Å². The SMILES string of the molecule is CCOC(=O)C1=C(C)Nc2nc3ccccc3n2[C@@H]1c1cc(OC)cc(OC)c1OC. The summed E-state index contributed by atoms with van der Waals surface area (Å²) in [7, 11) is 4.72. The van der Waals surface area contributed by atoms with Crippen LogP contribution in [0.1, 0.15) is 25.5 Å². The number of allylic oxidation sites excluding steroid dienone is 1. The fourth-order valence-electron chi connectivity index (χ4n) is 4.02. The lowest BCUT2D eigenvalue weighted by atomic mass is 9.93. The van der Waals surface area contributed by atoms with Crippen molar-refractivity contribution in [2.45, 2.75) is 19.9 Å². The van der Waals surface area contributed by atoms with Gasteiger partial charge in [-0.2, -0.15) is 0 Å². The lowest BCUT2D eigenvalue weighted by Gasteiger charge is -2.31. The first-order valence-electron chi connectivity index (χ1n) is 9.95. The van der Waals surface area contributed by atoms with Gasteiger partial charge in [-0.25, -0.2) is 9.78 Å². The van der Waals surface area contributed by atoms with Crippen molar-refractivity contribution in [2.24, 2.45) is 0 Å². The average Bonchev–Trinajstić information content (AvgIpc) is 3.14. The number of rotatable bonds is 6. The summed E-state index contributed by atoms with van der Waals surface area (Å²) in [4.78, 5) is 17.8. The number of hydrogen-bond donors (Lipinski definition) is 1. The minimum atomic E-state index is -0.568. The number of aromatic nitrogens is 2. The lowest BCUT2D eigenvalue weighted by molar-refractivity contribution is -0.139. The third kappa shape index (κ3) is 3.34. The highest BCUT2D eigenvalue weighted by atomic mass is 16.5. The number of anilines is 1. The molecule has 8 nitrogen and oxygen atoms in total. The van der Waals surface area contributed by atoms with Gasteiger partial charge in [0.2, 0.25) is 5.95 Å². The van der Waals surface area contributed by atoms with E-state index < -0.39 is 12.0 Å². The molecule has 0 unspecified atom stereocenters. The molecule has 0 fully saturated rings. The van der Waals surface area contributed by atoms with E-state index in [1.54, 1.807) is 34.3 Å². The Labute approximate surface area is 180 Å². The first-order chi connectivity index (χ1) is 15.0. The Hall–Kier alpha value is -3.68. The van der Waals surface area contributed by atoms with E-state index in [-0.39, 0.29) is 6.61 Å². The molecule has 8 heteroatoms. The highest BCUT2D eigenvalue weighted by molar-refractivity contribution is 5.94. The highest BCUT2D eigenvalue weighted by Crippen LogP contribution is 2.46. The number of benzene rings is 2. The lowest BCUT2D eigenvalue weighted by Crippen LogP contribution is -2.29. The minimum absolute atomic E-state index is 0.262. The summed E-state index contributed by atoms with van der Waals surface area (Å²) < 4.78 is 24.2. The third-order valence-electron chi connectivity index (χ3n) is 5.34. The number of carbonyl (C=O) groups excluding carboxylic acids is 1. The molecule has 0 amide bonds. The molecular weight excluding hydrogens is 398 g/mol. The van der Waals surface area contributed by atoms with Crippen LogP contribution in [0.2, 0.25) is 0 Å². The van der Waals surface area contributed by atoms with Gasteiger partial charge in [-0.3, -0.25) is 4.57 Å². The first kappa shape index (κ1) is 20.6. The molecule has 1 aliphatic heterocycles. The summed E-state index contributed by atoms with van der Waals surface area (Å²) in [6.45, 7) is 3.89. The molecule has 3 aromatic rings. The van der Waals surface area contributed by atoms with Crippen molar-refractivity contribution < 1.29 is 23.7 Å². The van der Waals surface area contributed by atoms with Crippen molar-refractivity contribution in [2.75, 3.05) is 33.3 Å². The van der Waals surface area contributed by atoms with Gasteiger partial charge in [0.15, 0.2) is 11.5 Å². The van der Waals surface area contributed by atoms with E-state index in [0.29, 0.717) is 40.0 Å². The van der Waals surface area contributed by atoms with Gasteiger partial charge in [0, 0.05) is 17.3 Å². The van der Waals surface area contributed by atoms with E-state index in [1.807, 2.05) is 41.8 Å². The molecule has 1 atom stereocenters. The Kier molecular flexibility index (Phi) is 5.46. The standard InChI is InChI=1S/C23H25N3O5/c1-6-31-22(27)19-13(2)24-23-25-16-9-7-8-10-17(16)26(23)20(19)15-11-14(28-3)12-18(29-4)21(15)30-5/h7-12,20H,6H2,1-5H3,(H,24,25)/t20-/m1/s1.